The van der Waals surface area contributed by atoms with Crippen molar-refractivity contribution in [3.63, 3.8) is 0 Å². The molecule has 0 spiro atoms. The Labute approximate surface area is 111 Å². The molecule has 104 valence electrons. The van der Waals surface area contributed by atoms with E-state index in [0.29, 0.717) is 6.04 Å². The summed E-state index contributed by atoms with van der Waals surface area (Å²) in [6, 6.07) is 2.79. The van der Waals surface area contributed by atoms with Gasteiger partial charge in [-0.2, -0.15) is 5.10 Å². The molecule has 0 atom stereocenters. The van der Waals surface area contributed by atoms with Crippen LogP contribution >= 0.6 is 0 Å². The molecule has 0 saturated carbocycles. The fraction of sp³-hybridized carbons (Fsp3) is 0.786. The number of unbranched alkanes of at least 4 members (excludes halogenated alkanes) is 1. The molecule has 0 aromatic carbocycles. The van der Waals surface area contributed by atoms with Crippen molar-refractivity contribution in [1.82, 2.24) is 20.0 Å². The minimum Gasteiger partial charge on any atom is -0.311 e. The smallest absolute Gasteiger partial charge is 0.0597 e. The molecule has 0 unspecified atom stereocenters. The fourth-order valence-electron chi connectivity index (χ4n) is 1.92. The molecule has 4 nitrogen and oxygen atoms in total. The van der Waals surface area contributed by atoms with Crippen LogP contribution in [0.4, 0.5) is 0 Å². The third kappa shape index (κ3) is 5.19. The van der Waals surface area contributed by atoms with E-state index in [-0.39, 0.29) is 0 Å². The molecule has 0 aliphatic carbocycles. The van der Waals surface area contributed by atoms with Gasteiger partial charge in [0.15, 0.2) is 0 Å². The van der Waals surface area contributed by atoms with Crippen LogP contribution in [0.5, 0.6) is 0 Å². The predicted molar refractivity (Wildman–Crippen MR) is 76.7 cm³/mol. The van der Waals surface area contributed by atoms with Crippen LogP contribution in [0.15, 0.2) is 6.07 Å². The van der Waals surface area contributed by atoms with E-state index in [1.54, 1.807) is 0 Å². The highest BCUT2D eigenvalue weighted by Crippen LogP contribution is 2.01. The normalized spacial score (nSPS) is 11.7. The highest BCUT2D eigenvalue weighted by Gasteiger charge is 2.03. The van der Waals surface area contributed by atoms with Crippen LogP contribution in [0.1, 0.15) is 38.1 Å². The second-order valence-corrected chi connectivity index (χ2v) is 5.36. The number of nitrogens with one attached hydrogen (secondary N) is 1. The van der Waals surface area contributed by atoms with Gasteiger partial charge in [-0.25, -0.2) is 0 Å². The van der Waals surface area contributed by atoms with Crippen molar-refractivity contribution in [2.24, 2.45) is 7.05 Å². The van der Waals surface area contributed by atoms with E-state index in [0.717, 1.165) is 18.8 Å². The molecule has 0 fully saturated rings. The van der Waals surface area contributed by atoms with Gasteiger partial charge in [-0.05, 0) is 59.8 Å². The molecule has 0 bridgehead atoms. The van der Waals surface area contributed by atoms with Crippen LogP contribution in [0.2, 0.25) is 0 Å². The van der Waals surface area contributed by atoms with Gasteiger partial charge in [0, 0.05) is 19.6 Å². The number of hydrogen-bond donors (Lipinski definition) is 1. The molecule has 1 N–H and O–H groups in total. The Kier molecular flexibility index (Phi) is 6.36. The number of hydrogen-bond acceptors (Lipinski definition) is 3. The van der Waals surface area contributed by atoms with Crippen molar-refractivity contribution in [1.29, 1.82) is 0 Å². The number of aryl methyl sites for hydroxylation is 2. The zero-order chi connectivity index (χ0) is 13.5. The minimum absolute atomic E-state index is 0.648. The summed E-state index contributed by atoms with van der Waals surface area (Å²) in [5.74, 6) is 0. The molecule has 0 aliphatic heterocycles. The van der Waals surface area contributed by atoms with E-state index >= 15 is 0 Å². The molecule has 0 amide bonds. The zero-order valence-electron chi connectivity index (χ0n) is 12.5. The topological polar surface area (TPSA) is 33.1 Å². The maximum Gasteiger partial charge on any atom is 0.0597 e. The summed E-state index contributed by atoms with van der Waals surface area (Å²) in [5, 5.41) is 7.82. The predicted octanol–water partition coefficient (Wildman–Crippen LogP) is 1.94. The van der Waals surface area contributed by atoms with Gasteiger partial charge in [-0.1, -0.05) is 0 Å². The van der Waals surface area contributed by atoms with Gasteiger partial charge < -0.3 is 10.2 Å². The maximum absolute atomic E-state index is 4.34. The number of rotatable bonds is 8. The minimum atomic E-state index is 0.648. The highest BCUT2D eigenvalue weighted by molar-refractivity contribution is 5.08. The zero-order valence-corrected chi connectivity index (χ0v) is 12.5. The molecular formula is C14H28N4. The summed E-state index contributed by atoms with van der Waals surface area (Å²) in [4.78, 5) is 2.39. The van der Waals surface area contributed by atoms with Crippen LogP contribution in [-0.2, 0) is 13.6 Å². The second kappa shape index (κ2) is 7.54. The van der Waals surface area contributed by atoms with Gasteiger partial charge >= 0.3 is 0 Å². The number of aromatic nitrogens is 2. The van der Waals surface area contributed by atoms with Crippen molar-refractivity contribution < 1.29 is 0 Å². The summed E-state index contributed by atoms with van der Waals surface area (Å²) in [6.07, 6.45) is 2.49. The SMILES string of the molecule is Cc1cc(CNCCCCN(C)C(C)C)n(C)n1. The number of nitrogens with zero attached hydrogens (tertiary/aromatic N) is 3. The van der Waals surface area contributed by atoms with Crippen LogP contribution in [0.25, 0.3) is 0 Å². The monoisotopic (exact) mass is 252 g/mol. The first-order valence-corrected chi connectivity index (χ1v) is 6.91. The Morgan fingerprint density at radius 3 is 2.67 bits per heavy atom. The van der Waals surface area contributed by atoms with Crippen LogP contribution < -0.4 is 5.32 Å². The van der Waals surface area contributed by atoms with Gasteiger partial charge in [0.1, 0.15) is 0 Å². The summed E-state index contributed by atoms with van der Waals surface area (Å²) >= 11 is 0. The van der Waals surface area contributed by atoms with Crippen LogP contribution in [-0.4, -0.2) is 40.9 Å². The average molecular weight is 252 g/mol. The van der Waals surface area contributed by atoms with E-state index < -0.39 is 0 Å². The third-order valence-electron chi connectivity index (χ3n) is 3.40. The highest BCUT2D eigenvalue weighted by atomic mass is 15.3. The van der Waals surface area contributed by atoms with E-state index in [4.69, 9.17) is 0 Å². The fourth-order valence-corrected chi connectivity index (χ4v) is 1.92. The molecule has 0 saturated heterocycles. The summed E-state index contributed by atoms with van der Waals surface area (Å²) in [6.45, 7) is 9.69. The van der Waals surface area contributed by atoms with Gasteiger partial charge in [0.05, 0.1) is 11.4 Å². The van der Waals surface area contributed by atoms with Gasteiger partial charge in [-0.15, -0.1) is 0 Å². The van der Waals surface area contributed by atoms with Gasteiger partial charge in [0.2, 0.25) is 0 Å². The average Bonchev–Trinajstić information content (AvgIpc) is 2.61. The Bertz CT molecular complexity index is 344. The molecule has 1 rings (SSSR count). The molecule has 1 aromatic heterocycles. The second-order valence-electron chi connectivity index (χ2n) is 5.36. The van der Waals surface area contributed by atoms with E-state index in [2.05, 4.69) is 42.3 Å². The molecule has 1 heterocycles. The van der Waals surface area contributed by atoms with Crippen LogP contribution in [0, 0.1) is 6.92 Å². The van der Waals surface area contributed by atoms with Crippen molar-refractivity contribution >= 4 is 0 Å². The molecule has 0 radical (unpaired) electrons. The summed E-state index contributed by atoms with van der Waals surface area (Å²) in [7, 11) is 4.19. The lowest BCUT2D eigenvalue weighted by molar-refractivity contribution is 0.268. The first-order valence-electron chi connectivity index (χ1n) is 6.91. The molecular weight excluding hydrogens is 224 g/mol. The first kappa shape index (κ1) is 15.2. The Hall–Kier alpha value is -0.870. The van der Waals surface area contributed by atoms with E-state index in [9.17, 15) is 0 Å². The lowest BCUT2D eigenvalue weighted by Crippen LogP contribution is -2.27. The standard InChI is InChI=1S/C14H28N4/c1-12(2)17(4)9-7-6-8-15-11-14-10-13(3)16-18(14)5/h10,12,15H,6-9,11H2,1-5H3. The maximum atomic E-state index is 4.34. The summed E-state index contributed by atoms with van der Waals surface area (Å²) in [5.41, 5.74) is 2.35. The molecule has 4 heteroatoms. The molecule has 0 aliphatic rings. The molecule has 1 aromatic rings. The van der Waals surface area contributed by atoms with E-state index in [1.807, 2.05) is 18.7 Å². The summed E-state index contributed by atoms with van der Waals surface area (Å²) < 4.78 is 1.95. The Morgan fingerprint density at radius 1 is 1.39 bits per heavy atom. The lowest BCUT2D eigenvalue weighted by atomic mass is 10.2. The molecule has 18 heavy (non-hydrogen) atoms. The largest absolute Gasteiger partial charge is 0.311 e. The van der Waals surface area contributed by atoms with Gasteiger partial charge in [0.25, 0.3) is 0 Å². The van der Waals surface area contributed by atoms with Crippen LogP contribution in [0.3, 0.4) is 0 Å². The van der Waals surface area contributed by atoms with Crippen molar-refractivity contribution in [3.05, 3.63) is 17.5 Å². The van der Waals surface area contributed by atoms with Crippen molar-refractivity contribution in [2.75, 3.05) is 20.1 Å². The Balaban J connectivity index is 2.07. The third-order valence-corrected chi connectivity index (χ3v) is 3.40. The first-order chi connectivity index (χ1) is 8.50. The van der Waals surface area contributed by atoms with Gasteiger partial charge in [-0.3, -0.25) is 4.68 Å². The van der Waals surface area contributed by atoms with E-state index in [1.165, 1.54) is 25.1 Å². The van der Waals surface area contributed by atoms with Crippen molar-refractivity contribution in [2.45, 2.75) is 46.2 Å². The quantitative estimate of drug-likeness (QED) is 0.718. The Morgan fingerprint density at radius 2 is 2.11 bits per heavy atom. The van der Waals surface area contributed by atoms with Crippen molar-refractivity contribution in [3.8, 4) is 0 Å². The lowest BCUT2D eigenvalue weighted by Gasteiger charge is -2.20.